The molecule has 1 rings (SSSR count). The second kappa shape index (κ2) is 6.47. The fraction of sp³-hybridized carbons (Fsp3) is 0.364. The summed E-state index contributed by atoms with van der Waals surface area (Å²) in [5.74, 6) is -0.295. The van der Waals surface area contributed by atoms with E-state index in [9.17, 15) is 14.9 Å². The smallest absolute Gasteiger partial charge is 0.401 e. The van der Waals surface area contributed by atoms with Gasteiger partial charge in [0.25, 0.3) is 0 Å². The third kappa shape index (κ3) is 4.50. The number of carbonyl (C=O) groups is 1. The number of unbranched alkanes of at least 4 members (excludes halogenated alkanes) is 1. The topological polar surface area (TPSA) is 85.4 Å². The van der Waals surface area contributed by atoms with Crippen LogP contribution in [0.25, 0.3) is 6.08 Å². The summed E-state index contributed by atoms with van der Waals surface area (Å²) < 4.78 is 4.86. The first-order chi connectivity index (χ1) is 8.13. The van der Waals surface area contributed by atoms with Crippen LogP contribution in [0.4, 0.5) is 5.88 Å². The van der Waals surface area contributed by atoms with E-state index in [1.807, 2.05) is 6.92 Å². The zero-order valence-electron chi connectivity index (χ0n) is 9.51. The van der Waals surface area contributed by atoms with Crippen LogP contribution < -0.4 is 5.32 Å². The molecule has 17 heavy (non-hydrogen) atoms. The van der Waals surface area contributed by atoms with Crippen LogP contribution in [0.3, 0.4) is 0 Å². The van der Waals surface area contributed by atoms with Crippen LogP contribution in [0.1, 0.15) is 25.5 Å². The number of nitrogens with zero attached hydrogens (tertiary/aromatic N) is 1. The van der Waals surface area contributed by atoms with Gasteiger partial charge in [-0.2, -0.15) is 0 Å². The molecule has 0 radical (unpaired) electrons. The van der Waals surface area contributed by atoms with Crippen molar-refractivity contribution in [2.75, 3.05) is 6.54 Å². The summed E-state index contributed by atoms with van der Waals surface area (Å²) in [5.41, 5.74) is 0. The molecule has 0 atom stereocenters. The predicted octanol–water partition coefficient (Wildman–Crippen LogP) is 2.12. The average Bonchev–Trinajstić information content (AvgIpc) is 2.75. The monoisotopic (exact) mass is 238 g/mol. The molecule has 0 fully saturated rings. The van der Waals surface area contributed by atoms with Crippen molar-refractivity contribution in [1.82, 2.24) is 5.32 Å². The predicted molar refractivity (Wildman–Crippen MR) is 62.3 cm³/mol. The van der Waals surface area contributed by atoms with E-state index in [0.717, 1.165) is 12.8 Å². The lowest BCUT2D eigenvalue weighted by atomic mass is 10.3. The number of hydrogen-bond donors (Lipinski definition) is 1. The van der Waals surface area contributed by atoms with E-state index < -0.39 is 4.92 Å². The highest BCUT2D eigenvalue weighted by Crippen LogP contribution is 2.16. The second-order valence-electron chi connectivity index (χ2n) is 3.41. The van der Waals surface area contributed by atoms with Gasteiger partial charge in [0.1, 0.15) is 10.7 Å². The third-order valence-electron chi connectivity index (χ3n) is 2.02. The molecule has 0 bridgehead atoms. The summed E-state index contributed by atoms with van der Waals surface area (Å²) in [6.45, 7) is 2.65. The van der Waals surface area contributed by atoms with Crippen LogP contribution in [0.2, 0.25) is 0 Å². The first-order valence-corrected chi connectivity index (χ1v) is 5.33. The highest BCUT2D eigenvalue weighted by molar-refractivity contribution is 5.91. The van der Waals surface area contributed by atoms with Gasteiger partial charge in [-0.05, 0) is 18.6 Å². The lowest BCUT2D eigenvalue weighted by molar-refractivity contribution is -0.402. The molecule has 6 nitrogen and oxygen atoms in total. The maximum Gasteiger partial charge on any atom is 0.433 e. The molecule has 1 aromatic heterocycles. The van der Waals surface area contributed by atoms with Crippen molar-refractivity contribution in [3.8, 4) is 0 Å². The van der Waals surface area contributed by atoms with Gasteiger partial charge in [0.05, 0.1) is 6.07 Å². The minimum atomic E-state index is -0.626. The molecular weight excluding hydrogens is 224 g/mol. The highest BCUT2D eigenvalue weighted by atomic mass is 16.6. The zero-order valence-corrected chi connectivity index (χ0v) is 9.51. The van der Waals surface area contributed by atoms with Crippen LogP contribution in [0, 0.1) is 10.1 Å². The highest BCUT2D eigenvalue weighted by Gasteiger charge is 2.09. The maximum atomic E-state index is 11.3. The molecule has 0 saturated carbocycles. The van der Waals surface area contributed by atoms with E-state index in [0.29, 0.717) is 6.54 Å². The summed E-state index contributed by atoms with van der Waals surface area (Å²) in [5, 5.41) is 13.0. The molecule has 0 aliphatic heterocycles. The van der Waals surface area contributed by atoms with Gasteiger partial charge in [-0.3, -0.25) is 14.9 Å². The molecule has 1 heterocycles. The Kier molecular flexibility index (Phi) is 4.93. The van der Waals surface area contributed by atoms with E-state index in [1.54, 1.807) is 0 Å². The standard InChI is InChI=1S/C11H14N2O4/c1-2-3-8-12-10(14)6-4-9-5-7-11(17-9)13(15)16/h4-7H,2-3,8H2,1H3,(H,12,14). The first-order valence-electron chi connectivity index (χ1n) is 5.33. The summed E-state index contributed by atoms with van der Waals surface area (Å²) in [6.07, 6.45) is 4.62. The lowest BCUT2D eigenvalue weighted by Gasteiger charge is -1.98. The van der Waals surface area contributed by atoms with E-state index in [4.69, 9.17) is 4.42 Å². The Bertz CT molecular complexity index is 423. The van der Waals surface area contributed by atoms with E-state index >= 15 is 0 Å². The van der Waals surface area contributed by atoms with Crippen LogP contribution in [0.15, 0.2) is 22.6 Å². The Morgan fingerprint density at radius 3 is 2.94 bits per heavy atom. The maximum absolute atomic E-state index is 11.3. The largest absolute Gasteiger partial charge is 0.433 e. The SMILES string of the molecule is CCCCNC(=O)C=Cc1ccc([N+](=O)[O-])o1. The van der Waals surface area contributed by atoms with Crippen molar-refractivity contribution in [2.24, 2.45) is 0 Å². The van der Waals surface area contributed by atoms with Crippen molar-refractivity contribution < 1.29 is 14.1 Å². The van der Waals surface area contributed by atoms with Gasteiger partial charge < -0.3 is 9.73 Å². The van der Waals surface area contributed by atoms with Crippen LogP contribution in [-0.4, -0.2) is 17.4 Å². The molecule has 0 unspecified atom stereocenters. The summed E-state index contributed by atoms with van der Waals surface area (Å²) in [7, 11) is 0. The van der Waals surface area contributed by atoms with Crippen molar-refractivity contribution in [3.63, 3.8) is 0 Å². The van der Waals surface area contributed by atoms with Gasteiger partial charge in [-0.15, -0.1) is 0 Å². The molecule has 0 saturated heterocycles. The number of rotatable bonds is 6. The third-order valence-corrected chi connectivity index (χ3v) is 2.02. The normalized spacial score (nSPS) is 10.6. The number of amides is 1. The van der Waals surface area contributed by atoms with Crippen molar-refractivity contribution in [2.45, 2.75) is 19.8 Å². The minimum Gasteiger partial charge on any atom is -0.401 e. The number of carbonyl (C=O) groups excluding carboxylic acids is 1. The van der Waals surface area contributed by atoms with Crippen molar-refractivity contribution in [3.05, 3.63) is 34.1 Å². The van der Waals surface area contributed by atoms with E-state index in [2.05, 4.69) is 5.32 Å². The van der Waals surface area contributed by atoms with Crippen LogP contribution in [-0.2, 0) is 4.79 Å². The van der Waals surface area contributed by atoms with E-state index in [-0.39, 0.29) is 17.6 Å². The van der Waals surface area contributed by atoms with Crippen LogP contribution >= 0.6 is 0 Å². The quantitative estimate of drug-likeness (QED) is 0.356. The molecule has 1 amide bonds. The van der Waals surface area contributed by atoms with Crippen LogP contribution in [0.5, 0.6) is 0 Å². The zero-order chi connectivity index (χ0) is 12.7. The molecular formula is C11H14N2O4. The molecule has 1 aromatic rings. The first kappa shape index (κ1) is 13.0. The number of nitro groups is 1. The summed E-state index contributed by atoms with van der Waals surface area (Å²) in [6, 6.07) is 2.68. The fourth-order valence-corrected chi connectivity index (χ4v) is 1.14. The lowest BCUT2D eigenvalue weighted by Crippen LogP contribution is -2.21. The van der Waals surface area contributed by atoms with Gasteiger partial charge in [0.15, 0.2) is 0 Å². The Labute approximate surface area is 98.5 Å². The Morgan fingerprint density at radius 1 is 1.59 bits per heavy atom. The molecule has 6 heteroatoms. The Morgan fingerprint density at radius 2 is 2.35 bits per heavy atom. The van der Waals surface area contributed by atoms with Crippen molar-refractivity contribution in [1.29, 1.82) is 0 Å². The Balaban J connectivity index is 2.46. The number of hydrogen-bond acceptors (Lipinski definition) is 4. The molecule has 0 spiro atoms. The molecule has 92 valence electrons. The minimum absolute atomic E-state index is 0.238. The van der Waals surface area contributed by atoms with Crippen molar-refractivity contribution >= 4 is 17.9 Å². The average molecular weight is 238 g/mol. The molecule has 1 N–H and O–H groups in total. The van der Waals surface area contributed by atoms with Gasteiger partial charge in [0.2, 0.25) is 5.91 Å². The summed E-state index contributed by atoms with van der Waals surface area (Å²) in [4.78, 5) is 21.0. The number of furan rings is 1. The van der Waals surface area contributed by atoms with Gasteiger partial charge >= 0.3 is 5.88 Å². The van der Waals surface area contributed by atoms with Gasteiger partial charge in [0, 0.05) is 12.6 Å². The molecule has 0 aromatic carbocycles. The van der Waals surface area contributed by atoms with Gasteiger partial charge in [-0.25, -0.2) is 0 Å². The second-order valence-corrected chi connectivity index (χ2v) is 3.41. The summed E-state index contributed by atoms with van der Waals surface area (Å²) >= 11 is 0. The molecule has 0 aliphatic rings. The Hall–Kier alpha value is -2.11. The fourth-order valence-electron chi connectivity index (χ4n) is 1.14. The number of nitrogens with one attached hydrogen (secondary N) is 1. The van der Waals surface area contributed by atoms with E-state index in [1.165, 1.54) is 24.3 Å². The molecule has 0 aliphatic carbocycles. The van der Waals surface area contributed by atoms with Gasteiger partial charge in [-0.1, -0.05) is 13.3 Å².